The molecule has 7 nitrogen and oxygen atoms in total. The molecule has 0 saturated carbocycles. The van der Waals surface area contributed by atoms with E-state index in [0.717, 1.165) is 11.1 Å². The average molecular weight is 479 g/mol. The Morgan fingerprint density at radius 2 is 1.46 bits per heavy atom. The molecule has 186 valence electrons. The highest BCUT2D eigenvalue weighted by atomic mass is 16.5. The van der Waals surface area contributed by atoms with Crippen molar-refractivity contribution >= 4 is 17.4 Å². The molecule has 0 aliphatic rings. The third-order valence-electron chi connectivity index (χ3n) is 4.38. The van der Waals surface area contributed by atoms with E-state index >= 15 is 0 Å². The van der Waals surface area contributed by atoms with Crippen LogP contribution in [0.1, 0.15) is 56.1 Å². The van der Waals surface area contributed by atoms with Crippen LogP contribution in [-0.4, -0.2) is 47.8 Å². The van der Waals surface area contributed by atoms with Gasteiger partial charge < -0.3 is 26.0 Å². The monoisotopic (exact) mass is 478 g/mol. The number of carbonyl (C=O) groups excluding carboxylic acids is 1. The zero-order chi connectivity index (χ0) is 26.4. The van der Waals surface area contributed by atoms with Crippen molar-refractivity contribution in [3.8, 4) is 23.7 Å². The van der Waals surface area contributed by atoms with Gasteiger partial charge >= 0.3 is 5.97 Å². The minimum atomic E-state index is -0.951. The van der Waals surface area contributed by atoms with Crippen LogP contribution in [0, 0.1) is 23.7 Å². The van der Waals surface area contributed by atoms with E-state index in [4.69, 9.17) is 26.0 Å². The molecule has 0 fully saturated rings. The number of ketones is 1. The maximum absolute atomic E-state index is 11.5. The van der Waals surface area contributed by atoms with Gasteiger partial charge in [-0.1, -0.05) is 11.8 Å². The number of hydrogen-bond donors (Lipinski definition) is 3. The molecule has 5 N–H and O–H groups in total. The van der Waals surface area contributed by atoms with E-state index in [9.17, 15) is 9.59 Å². The summed E-state index contributed by atoms with van der Waals surface area (Å²) in [6, 6.07) is 12.9. The van der Waals surface area contributed by atoms with Crippen LogP contribution < -0.4 is 11.5 Å². The van der Waals surface area contributed by atoms with Crippen LogP contribution in [0.4, 0.5) is 5.69 Å². The molecule has 0 heterocycles. The molecule has 0 radical (unpaired) electrons. The summed E-state index contributed by atoms with van der Waals surface area (Å²) in [5, 5.41) is 8.77. The van der Waals surface area contributed by atoms with Gasteiger partial charge in [0, 0.05) is 23.4 Å². The Morgan fingerprint density at radius 3 is 1.89 bits per heavy atom. The first kappa shape index (κ1) is 29.4. The van der Waals surface area contributed by atoms with Crippen molar-refractivity contribution in [2.75, 3.05) is 18.9 Å². The van der Waals surface area contributed by atoms with Crippen LogP contribution in [0.5, 0.6) is 0 Å². The van der Waals surface area contributed by atoms with E-state index in [-0.39, 0.29) is 29.7 Å². The number of carboxylic acids is 1. The van der Waals surface area contributed by atoms with Gasteiger partial charge in [0.1, 0.15) is 6.61 Å². The number of nitrogens with two attached hydrogens (primary N) is 2. The van der Waals surface area contributed by atoms with Crippen molar-refractivity contribution in [1.82, 2.24) is 0 Å². The second-order valence-electron chi connectivity index (χ2n) is 8.57. The van der Waals surface area contributed by atoms with Crippen molar-refractivity contribution in [3.63, 3.8) is 0 Å². The second-order valence-corrected chi connectivity index (χ2v) is 8.57. The number of carbonyl (C=O) groups is 2. The Hall–Kier alpha value is -3.62. The first-order valence-electron chi connectivity index (χ1n) is 11.2. The van der Waals surface area contributed by atoms with Gasteiger partial charge in [-0.05, 0) is 95.0 Å². The smallest absolute Gasteiger partial charge is 0.335 e. The summed E-state index contributed by atoms with van der Waals surface area (Å²) in [7, 11) is 0. The molecule has 0 unspecified atom stereocenters. The van der Waals surface area contributed by atoms with E-state index in [1.807, 2.05) is 39.8 Å². The second kappa shape index (κ2) is 14.6. The maximum Gasteiger partial charge on any atom is 0.335 e. The third kappa shape index (κ3) is 12.4. The third-order valence-corrected chi connectivity index (χ3v) is 4.38. The first-order valence-corrected chi connectivity index (χ1v) is 11.2. The number of hydrogen-bond acceptors (Lipinski definition) is 6. The fourth-order valence-corrected chi connectivity index (χ4v) is 2.66. The predicted octanol–water partition coefficient (Wildman–Crippen LogP) is 3.49. The summed E-state index contributed by atoms with van der Waals surface area (Å²) in [5.74, 6) is 10.1. The molecule has 0 bridgehead atoms. The lowest BCUT2D eigenvalue weighted by Crippen LogP contribution is -2.46. The standard InChI is InChI=1S/C17H11NO2.C11H23NO3/c18-16-11-7-14(8-12-16)4-2-1-3-13-5-9-15(10-6-13)17(19)20;1-6-14-7-9(13)10(12)8(2)15-11(3,4)5/h5-12H,18H2,(H,19,20);8,10H,6-7,12H2,1-5H3/t;8-,10+/m.1/s1. The van der Waals surface area contributed by atoms with E-state index in [1.165, 1.54) is 12.1 Å². The molecule has 0 aliphatic carbocycles. The molecule has 0 amide bonds. The van der Waals surface area contributed by atoms with Gasteiger partial charge in [0.2, 0.25) is 0 Å². The van der Waals surface area contributed by atoms with Gasteiger partial charge in [0.15, 0.2) is 5.78 Å². The minimum Gasteiger partial charge on any atom is -0.478 e. The van der Waals surface area contributed by atoms with Crippen LogP contribution in [0.3, 0.4) is 0 Å². The summed E-state index contributed by atoms with van der Waals surface area (Å²) in [6.07, 6.45) is -0.294. The van der Waals surface area contributed by atoms with E-state index in [2.05, 4.69) is 23.7 Å². The first-order chi connectivity index (χ1) is 16.4. The lowest BCUT2D eigenvalue weighted by molar-refractivity contribution is -0.131. The van der Waals surface area contributed by atoms with E-state index in [0.29, 0.717) is 12.3 Å². The maximum atomic E-state index is 11.5. The SMILES string of the molecule is CCOCC(=O)[C@@H](N)[C@@H](C)OC(C)(C)C.Nc1ccc(C#CC#Cc2ccc(C(=O)O)cc2)cc1. The molecule has 0 saturated heterocycles. The number of benzene rings is 2. The molecule has 35 heavy (non-hydrogen) atoms. The number of aromatic carboxylic acids is 1. The highest BCUT2D eigenvalue weighted by molar-refractivity contribution is 5.87. The number of rotatable bonds is 7. The fourth-order valence-electron chi connectivity index (χ4n) is 2.66. The number of Topliss-reactive ketones (excluding diaryl/α,β-unsaturated/α-hetero) is 1. The molecule has 0 spiro atoms. The summed E-state index contributed by atoms with van der Waals surface area (Å²) in [4.78, 5) is 22.2. The lowest BCUT2D eigenvalue weighted by atomic mass is 10.1. The van der Waals surface area contributed by atoms with Crippen LogP contribution in [0.25, 0.3) is 0 Å². The highest BCUT2D eigenvalue weighted by Gasteiger charge is 2.25. The molecule has 2 aromatic rings. The van der Waals surface area contributed by atoms with Gasteiger partial charge in [-0.3, -0.25) is 4.79 Å². The number of anilines is 1. The Balaban J connectivity index is 0.000000367. The van der Waals surface area contributed by atoms with Gasteiger partial charge in [-0.2, -0.15) is 0 Å². The number of ether oxygens (including phenoxy) is 2. The van der Waals surface area contributed by atoms with Gasteiger partial charge in [-0.15, -0.1) is 0 Å². The Kier molecular flexibility index (Phi) is 12.3. The van der Waals surface area contributed by atoms with Crippen LogP contribution in [0.15, 0.2) is 48.5 Å². The number of nitrogen functional groups attached to an aromatic ring is 1. The van der Waals surface area contributed by atoms with Gasteiger partial charge in [0.05, 0.1) is 23.3 Å². The predicted molar refractivity (Wildman–Crippen MR) is 138 cm³/mol. The summed E-state index contributed by atoms with van der Waals surface area (Å²) >= 11 is 0. The molecule has 2 atom stereocenters. The molecule has 0 aromatic heterocycles. The molecule has 7 heteroatoms. The highest BCUT2D eigenvalue weighted by Crippen LogP contribution is 2.12. The quantitative estimate of drug-likeness (QED) is 0.411. The van der Waals surface area contributed by atoms with Crippen LogP contribution in [0.2, 0.25) is 0 Å². The molecular formula is C28H34N2O5. The van der Waals surface area contributed by atoms with Crippen LogP contribution in [-0.2, 0) is 14.3 Å². The number of carboxylic acid groups (broad SMARTS) is 1. The van der Waals surface area contributed by atoms with Crippen molar-refractivity contribution in [2.24, 2.45) is 5.73 Å². The van der Waals surface area contributed by atoms with Crippen LogP contribution >= 0.6 is 0 Å². The Labute approximate surface area is 207 Å². The molecule has 2 rings (SSSR count). The Morgan fingerprint density at radius 1 is 0.971 bits per heavy atom. The summed E-state index contributed by atoms with van der Waals surface area (Å²) in [5.41, 5.74) is 13.5. The van der Waals surface area contributed by atoms with Crippen molar-refractivity contribution < 1.29 is 24.2 Å². The van der Waals surface area contributed by atoms with Crippen molar-refractivity contribution in [2.45, 2.75) is 52.4 Å². The summed E-state index contributed by atoms with van der Waals surface area (Å²) in [6.45, 7) is 10.0. The van der Waals surface area contributed by atoms with Gasteiger partial charge in [-0.25, -0.2) is 4.79 Å². The van der Waals surface area contributed by atoms with Crippen molar-refractivity contribution in [3.05, 3.63) is 65.2 Å². The topological polar surface area (TPSA) is 125 Å². The molecule has 2 aromatic carbocycles. The average Bonchev–Trinajstić information content (AvgIpc) is 2.80. The summed E-state index contributed by atoms with van der Waals surface area (Å²) < 4.78 is 10.6. The molecule has 0 aliphatic heterocycles. The normalized spacial score (nSPS) is 11.9. The zero-order valence-electron chi connectivity index (χ0n) is 20.9. The fraction of sp³-hybridized carbons (Fsp3) is 0.357. The minimum absolute atomic E-state index is 0.0650. The van der Waals surface area contributed by atoms with Gasteiger partial charge in [0.25, 0.3) is 0 Å². The molecular weight excluding hydrogens is 444 g/mol. The zero-order valence-corrected chi connectivity index (χ0v) is 20.9. The van der Waals surface area contributed by atoms with E-state index in [1.54, 1.807) is 31.2 Å². The van der Waals surface area contributed by atoms with Crippen molar-refractivity contribution in [1.29, 1.82) is 0 Å². The van der Waals surface area contributed by atoms with E-state index < -0.39 is 12.0 Å². The Bertz CT molecular complexity index is 1080. The largest absolute Gasteiger partial charge is 0.478 e. The lowest BCUT2D eigenvalue weighted by Gasteiger charge is -2.28.